The lowest BCUT2D eigenvalue weighted by molar-refractivity contribution is -0.137. The molecule has 0 saturated carbocycles. The van der Waals surface area contributed by atoms with E-state index in [1.54, 1.807) is 12.1 Å². The van der Waals surface area contributed by atoms with Gasteiger partial charge in [0, 0.05) is 22.2 Å². The molecule has 1 unspecified atom stereocenters. The molecule has 0 aliphatic rings. The molecule has 0 radical (unpaired) electrons. The molecular formula is C24H22N4O6. The maximum Gasteiger partial charge on any atom is 0.326 e. The molecule has 174 valence electrons. The second-order valence-corrected chi connectivity index (χ2v) is 7.72. The van der Waals surface area contributed by atoms with Crippen molar-refractivity contribution < 1.29 is 24.5 Å². The standard InChI is InChI=1S/C24H22N4O6/c1-13-10-15(17-4-2-3-5-18(17)25-13)12-34-16-8-6-14(7-9-16)22(31)26-19(11-20(29)30)21-23(32)28-24(33)27-21/h2-10,19,32H,11-12H2,1H3,(H,26,31)(H,29,30)(H2,27,28,33). The van der Waals surface area contributed by atoms with Crippen LogP contribution in [0, 0.1) is 6.92 Å². The van der Waals surface area contributed by atoms with Gasteiger partial charge in [0.15, 0.2) is 0 Å². The van der Waals surface area contributed by atoms with E-state index < -0.39 is 35.9 Å². The number of aromatic hydroxyl groups is 1. The number of imidazole rings is 1. The topological polar surface area (TPSA) is 157 Å². The van der Waals surface area contributed by atoms with Crippen molar-refractivity contribution in [2.45, 2.75) is 26.0 Å². The van der Waals surface area contributed by atoms with Gasteiger partial charge >= 0.3 is 11.7 Å². The van der Waals surface area contributed by atoms with E-state index >= 15 is 0 Å². The first-order valence-electron chi connectivity index (χ1n) is 10.4. The fourth-order valence-electron chi connectivity index (χ4n) is 3.66. The van der Waals surface area contributed by atoms with Gasteiger partial charge in [-0.15, -0.1) is 0 Å². The van der Waals surface area contributed by atoms with Gasteiger partial charge < -0.3 is 25.3 Å². The number of aryl methyl sites for hydroxylation is 1. The molecule has 4 aromatic rings. The number of carboxylic acid groups (broad SMARTS) is 1. The van der Waals surface area contributed by atoms with E-state index in [1.165, 1.54) is 12.1 Å². The van der Waals surface area contributed by atoms with Crippen LogP contribution in [0.4, 0.5) is 0 Å². The molecule has 0 saturated heterocycles. The van der Waals surface area contributed by atoms with Crippen LogP contribution in [-0.4, -0.2) is 37.0 Å². The minimum absolute atomic E-state index is 0.111. The second-order valence-electron chi connectivity index (χ2n) is 7.72. The molecule has 0 fully saturated rings. The predicted octanol–water partition coefficient (Wildman–Crippen LogP) is 2.79. The van der Waals surface area contributed by atoms with Crippen LogP contribution < -0.4 is 15.7 Å². The van der Waals surface area contributed by atoms with Gasteiger partial charge in [-0.25, -0.2) is 4.79 Å². The van der Waals surface area contributed by atoms with Crippen LogP contribution in [0.5, 0.6) is 11.6 Å². The van der Waals surface area contributed by atoms with Crippen LogP contribution in [0.3, 0.4) is 0 Å². The SMILES string of the molecule is Cc1cc(COc2ccc(C(=O)NC(CC(=O)O)c3[nH]c(=O)[nH]c3O)cc2)c2ccccc2n1. The third-order valence-electron chi connectivity index (χ3n) is 5.21. The highest BCUT2D eigenvalue weighted by Gasteiger charge is 2.24. The number of carbonyl (C=O) groups is 2. The number of hydrogen-bond donors (Lipinski definition) is 5. The number of benzene rings is 2. The smallest absolute Gasteiger partial charge is 0.326 e. The number of aliphatic carboxylic acids is 1. The number of nitrogens with one attached hydrogen (secondary N) is 3. The Labute approximate surface area is 193 Å². The molecule has 10 nitrogen and oxygen atoms in total. The van der Waals surface area contributed by atoms with E-state index in [0.717, 1.165) is 22.2 Å². The molecule has 0 aliphatic heterocycles. The number of H-pyrrole nitrogens is 2. The summed E-state index contributed by atoms with van der Waals surface area (Å²) in [6.45, 7) is 2.24. The van der Waals surface area contributed by atoms with Crippen molar-refractivity contribution in [3.8, 4) is 11.6 Å². The van der Waals surface area contributed by atoms with Crippen LogP contribution in [0.25, 0.3) is 10.9 Å². The van der Waals surface area contributed by atoms with Crippen molar-refractivity contribution in [1.29, 1.82) is 0 Å². The van der Waals surface area contributed by atoms with Crippen LogP contribution in [0.15, 0.2) is 59.4 Å². The zero-order valence-electron chi connectivity index (χ0n) is 18.2. The maximum absolute atomic E-state index is 12.7. The monoisotopic (exact) mass is 462 g/mol. The Morgan fingerprint density at radius 3 is 2.53 bits per heavy atom. The molecular weight excluding hydrogens is 440 g/mol. The number of aromatic nitrogens is 3. The van der Waals surface area contributed by atoms with Gasteiger partial charge in [0.2, 0.25) is 5.88 Å². The summed E-state index contributed by atoms with van der Waals surface area (Å²) < 4.78 is 5.90. The van der Waals surface area contributed by atoms with Crippen LogP contribution in [0.2, 0.25) is 0 Å². The van der Waals surface area contributed by atoms with E-state index in [4.69, 9.17) is 9.84 Å². The molecule has 5 N–H and O–H groups in total. The van der Waals surface area contributed by atoms with Crippen molar-refractivity contribution >= 4 is 22.8 Å². The quantitative estimate of drug-likeness (QED) is 0.269. The highest BCUT2D eigenvalue weighted by atomic mass is 16.5. The van der Waals surface area contributed by atoms with Gasteiger partial charge in [-0.05, 0) is 43.3 Å². The van der Waals surface area contributed by atoms with Crippen molar-refractivity contribution in [3.63, 3.8) is 0 Å². The first-order valence-corrected chi connectivity index (χ1v) is 10.4. The molecule has 4 rings (SSSR count). The minimum atomic E-state index is -1.21. The molecule has 0 bridgehead atoms. The number of fused-ring (bicyclic) bond motifs is 1. The minimum Gasteiger partial charge on any atom is -0.493 e. The van der Waals surface area contributed by atoms with E-state index in [1.807, 2.05) is 37.3 Å². The van der Waals surface area contributed by atoms with E-state index in [-0.39, 0.29) is 11.3 Å². The summed E-state index contributed by atoms with van der Waals surface area (Å²) in [4.78, 5) is 44.2. The number of amides is 1. The summed E-state index contributed by atoms with van der Waals surface area (Å²) in [6.07, 6.45) is -0.534. The first-order chi connectivity index (χ1) is 16.3. The van der Waals surface area contributed by atoms with Crippen molar-refractivity contribution in [2.24, 2.45) is 0 Å². The highest BCUT2D eigenvalue weighted by molar-refractivity contribution is 5.94. The van der Waals surface area contributed by atoms with Crippen molar-refractivity contribution in [3.05, 3.63) is 87.6 Å². The summed E-state index contributed by atoms with van der Waals surface area (Å²) in [5.74, 6) is -1.77. The number of ether oxygens (including phenoxy) is 1. The van der Waals surface area contributed by atoms with E-state index in [9.17, 15) is 19.5 Å². The fourth-order valence-corrected chi connectivity index (χ4v) is 3.66. The van der Waals surface area contributed by atoms with Crippen molar-refractivity contribution in [2.75, 3.05) is 0 Å². The fraction of sp³-hybridized carbons (Fsp3) is 0.167. The normalized spacial score (nSPS) is 11.8. The Hall–Kier alpha value is -4.60. The summed E-state index contributed by atoms with van der Waals surface area (Å²) >= 11 is 0. The number of pyridine rings is 1. The first kappa shape index (κ1) is 22.6. The average Bonchev–Trinajstić information content (AvgIpc) is 3.14. The lowest BCUT2D eigenvalue weighted by Gasteiger charge is -2.16. The summed E-state index contributed by atoms with van der Waals surface area (Å²) in [5, 5.41) is 22.5. The zero-order chi connectivity index (χ0) is 24.2. The van der Waals surface area contributed by atoms with Crippen LogP contribution in [0.1, 0.15) is 39.8 Å². The van der Waals surface area contributed by atoms with Crippen LogP contribution in [-0.2, 0) is 11.4 Å². The van der Waals surface area contributed by atoms with Gasteiger partial charge in [0.1, 0.15) is 18.1 Å². The van der Waals surface area contributed by atoms with Gasteiger partial charge in [-0.2, -0.15) is 0 Å². The third-order valence-corrected chi connectivity index (χ3v) is 5.21. The zero-order valence-corrected chi connectivity index (χ0v) is 18.2. The Bertz CT molecular complexity index is 1410. The van der Waals surface area contributed by atoms with Crippen molar-refractivity contribution in [1.82, 2.24) is 20.3 Å². The number of aromatic amines is 2. The molecule has 0 aliphatic carbocycles. The number of rotatable bonds is 8. The van der Waals surface area contributed by atoms with Gasteiger partial charge in [-0.1, -0.05) is 18.2 Å². The van der Waals surface area contributed by atoms with Gasteiger partial charge in [-0.3, -0.25) is 19.6 Å². The van der Waals surface area contributed by atoms with E-state index in [0.29, 0.717) is 12.4 Å². The molecule has 2 aromatic heterocycles. The second kappa shape index (κ2) is 9.49. The Morgan fingerprint density at radius 1 is 1.12 bits per heavy atom. The summed E-state index contributed by atoms with van der Waals surface area (Å²) in [7, 11) is 0. The average molecular weight is 462 g/mol. The molecule has 2 aromatic carbocycles. The lowest BCUT2D eigenvalue weighted by atomic mass is 10.1. The molecule has 1 amide bonds. The van der Waals surface area contributed by atoms with Crippen LogP contribution >= 0.6 is 0 Å². The Kier molecular flexibility index (Phi) is 6.30. The number of carboxylic acids is 1. The molecule has 1 atom stereocenters. The highest BCUT2D eigenvalue weighted by Crippen LogP contribution is 2.23. The summed E-state index contributed by atoms with van der Waals surface area (Å²) in [6, 6.07) is 15.0. The Balaban J connectivity index is 1.46. The molecule has 2 heterocycles. The largest absolute Gasteiger partial charge is 0.493 e. The third kappa shape index (κ3) is 5.07. The number of para-hydroxylation sites is 1. The number of carbonyl (C=O) groups excluding carboxylic acids is 1. The molecule has 10 heteroatoms. The predicted molar refractivity (Wildman–Crippen MR) is 123 cm³/mol. The molecule has 0 spiro atoms. The number of nitrogens with zero attached hydrogens (tertiary/aromatic N) is 1. The van der Waals surface area contributed by atoms with E-state index in [2.05, 4.69) is 20.3 Å². The van der Waals surface area contributed by atoms with Gasteiger partial charge in [0.25, 0.3) is 5.91 Å². The molecule has 34 heavy (non-hydrogen) atoms. The number of hydrogen-bond acceptors (Lipinski definition) is 6. The Morgan fingerprint density at radius 2 is 1.85 bits per heavy atom. The lowest BCUT2D eigenvalue weighted by Crippen LogP contribution is -2.30. The summed E-state index contributed by atoms with van der Waals surface area (Å²) in [5.41, 5.74) is 2.19. The van der Waals surface area contributed by atoms with Gasteiger partial charge in [0.05, 0.1) is 18.0 Å². The maximum atomic E-state index is 12.7.